The number of rotatable bonds is 6. The van der Waals surface area contributed by atoms with Gasteiger partial charge in [-0.15, -0.1) is 5.10 Å². The molecule has 1 aliphatic heterocycles. The molecule has 1 amide bonds. The van der Waals surface area contributed by atoms with Crippen LogP contribution < -0.4 is 16.2 Å². The van der Waals surface area contributed by atoms with Gasteiger partial charge >= 0.3 is 0 Å². The quantitative estimate of drug-likeness (QED) is 0.591. The zero-order valence-corrected chi connectivity index (χ0v) is 16.5. The summed E-state index contributed by atoms with van der Waals surface area (Å²) >= 11 is 0. The molecule has 1 aliphatic rings. The molecule has 0 bridgehead atoms. The highest BCUT2D eigenvalue weighted by Crippen LogP contribution is 2.23. The molecule has 8 heteroatoms. The molecule has 0 aliphatic carbocycles. The summed E-state index contributed by atoms with van der Waals surface area (Å²) in [5.74, 6) is 0.0742. The lowest BCUT2D eigenvalue weighted by Crippen LogP contribution is -2.37. The summed E-state index contributed by atoms with van der Waals surface area (Å²) < 4.78 is 1.77. The Hall–Kier alpha value is -3.10. The van der Waals surface area contributed by atoms with Crippen LogP contribution in [-0.2, 0) is 6.54 Å². The van der Waals surface area contributed by atoms with Gasteiger partial charge < -0.3 is 5.32 Å². The Labute approximate surface area is 169 Å². The Balaban J connectivity index is 1.60. The molecule has 0 radical (unpaired) electrons. The van der Waals surface area contributed by atoms with E-state index in [9.17, 15) is 4.79 Å². The number of nitrogens with one attached hydrogen (secondary N) is 3. The molecule has 8 nitrogen and oxygen atoms in total. The highest BCUT2D eigenvalue weighted by molar-refractivity contribution is 5.98. The second-order valence-corrected chi connectivity index (χ2v) is 7.41. The molecular formula is C21H25N7O. The smallest absolute Gasteiger partial charge is 0.274 e. The summed E-state index contributed by atoms with van der Waals surface area (Å²) in [6.45, 7) is 5.30. The van der Waals surface area contributed by atoms with Crippen molar-refractivity contribution in [1.82, 2.24) is 36.1 Å². The number of aromatic nitrogens is 4. The first kappa shape index (κ1) is 19.2. The van der Waals surface area contributed by atoms with Crippen molar-refractivity contribution in [2.75, 3.05) is 6.54 Å². The lowest BCUT2D eigenvalue weighted by molar-refractivity contribution is 0.0941. The van der Waals surface area contributed by atoms with E-state index < -0.39 is 0 Å². The molecule has 1 saturated heterocycles. The molecule has 3 heterocycles. The van der Waals surface area contributed by atoms with E-state index in [2.05, 4.69) is 45.3 Å². The van der Waals surface area contributed by atoms with Gasteiger partial charge in [-0.3, -0.25) is 20.6 Å². The summed E-state index contributed by atoms with van der Waals surface area (Å²) in [5, 5.41) is 11.5. The van der Waals surface area contributed by atoms with Crippen LogP contribution in [-0.4, -0.2) is 44.5 Å². The summed E-state index contributed by atoms with van der Waals surface area (Å²) in [4.78, 5) is 17.1. The number of hydrazine groups is 1. The number of hydrogen-bond acceptors (Lipinski definition) is 6. The SMILES string of the molecule is CC1NNC(C)C1CNC(=O)c1nnn(Cc2ccccc2)c1-c1ccncc1. The Morgan fingerprint density at radius 2 is 1.76 bits per heavy atom. The first-order valence-corrected chi connectivity index (χ1v) is 9.80. The maximum absolute atomic E-state index is 13.0. The van der Waals surface area contributed by atoms with Gasteiger partial charge in [-0.25, -0.2) is 4.68 Å². The number of carbonyl (C=O) groups excluding carboxylic acids is 1. The average Bonchev–Trinajstić information content (AvgIpc) is 3.31. The Kier molecular flexibility index (Phi) is 5.64. The van der Waals surface area contributed by atoms with Crippen LogP contribution in [0.25, 0.3) is 11.3 Å². The number of nitrogens with zero attached hydrogens (tertiary/aromatic N) is 4. The van der Waals surface area contributed by atoms with E-state index in [1.165, 1.54) is 0 Å². The van der Waals surface area contributed by atoms with Gasteiger partial charge in [-0.1, -0.05) is 35.5 Å². The van der Waals surface area contributed by atoms with Gasteiger partial charge in [0.25, 0.3) is 5.91 Å². The van der Waals surface area contributed by atoms with E-state index in [0.717, 1.165) is 11.1 Å². The van der Waals surface area contributed by atoms with Crippen molar-refractivity contribution in [1.29, 1.82) is 0 Å². The van der Waals surface area contributed by atoms with Gasteiger partial charge in [0.15, 0.2) is 5.69 Å². The van der Waals surface area contributed by atoms with Crippen molar-refractivity contribution in [2.24, 2.45) is 5.92 Å². The molecule has 29 heavy (non-hydrogen) atoms. The summed E-state index contributed by atoms with van der Waals surface area (Å²) in [7, 11) is 0. The van der Waals surface area contributed by atoms with Crippen molar-refractivity contribution in [2.45, 2.75) is 32.5 Å². The molecule has 150 valence electrons. The summed E-state index contributed by atoms with van der Waals surface area (Å²) in [5.41, 5.74) is 9.39. The summed E-state index contributed by atoms with van der Waals surface area (Å²) in [6, 6.07) is 14.3. The van der Waals surface area contributed by atoms with Gasteiger partial charge in [0, 0.05) is 42.5 Å². The Morgan fingerprint density at radius 1 is 1.07 bits per heavy atom. The minimum atomic E-state index is -0.220. The summed E-state index contributed by atoms with van der Waals surface area (Å²) in [6.07, 6.45) is 3.41. The monoisotopic (exact) mass is 391 g/mol. The van der Waals surface area contributed by atoms with Crippen LogP contribution in [0.3, 0.4) is 0 Å². The highest BCUT2D eigenvalue weighted by atomic mass is 16.2. The van der Waals surface area contributed by atoms with Crippen molar-refractivity contribution in [3.05, 3.63) is 66.1 Å². The fourth-order valence-electron chi connectivity index (χ4n) is 3.69. The maximum atomic E-state index is 13.0. The molecule has 3 aromatic rings. The second-order valence-electron chi connectivity index (χ2n) is 7.41. The van der Waals surface area contributed by atoms with Crippen molar-refractivity contribution in [3.8, 4) is 11.3 Å². The lowest BCUT2D eigenvalue weighted by Gasteiger charge is -2.18. The second kappa shape index (κ2) is 8.50. The van der Waals surface area contributed by atoms with Gasteiger partial charge in [-0.2, -0.15) is 0 Å². The molecule has 2 unspecified atom stereocenters. The topological polar surface area (TPSA) is 96.8 Å². The molecule has 3 N–H and O–H groups in total. The molecule has 0 saturated carbocycles. The fraction of sp³-hybridized carbons (Fsp3) is 0.333. The van der Waals surface area contributed by atoms with E-state index in [0.29, 0.717) is 30.4 Å². The van der Waals surface area contributed by atoms with Crippen LogP contribution in [0.5, 0.6) is 0 Å². The van der Waals surface area contributed by atoms with Crippen molar-refractivity contribution < 1.29 is 4.79 Å². The first-order chi connectivity index (χ1) is 14.1. The van der Waals surface area contributed by atoms with Crippen molar-refractivity contribution >= 4 is 5.91 Å². The number of benzene rings is 1. The van der Waals surface area contributed by atoms with Gasteiger partial charge in [0.05, 0.1) is 6.54 Å². The molecule has 4 rings (SSSR count). The normalized spacial score (nSPS) is 21.2. The highest BCUT2D eigenvalue weighted by Gasteiger charge is 2.30. The van der Waals surface area contributed by atoms with Gasteiger partial charge in [0.1, 0.15) is 5.69 Å². The van der Waals surface area contributed by atoms with Crippen LogP contribution in [0.15, 0.2) is 54.9 Å². The zero-order valence-electron chi connectivity index (χ0n) is 16.5. The van der Waals surface area contributed by atoms with E-state index in [1.54, 1.807) is 17.1 Å². The predicted molar refractivity (Wildman–Crippen MR) is 110 cm³/mol. The van der Waals surface area contributed by atoms with Gasteiger partial charge in [-0.05, 0) is 31.5 Å². The lowest BCUT2D eigenvalue weighted by atomic mass is 9.96. The van der Waals surface area contributed by atoms with Crippen LogP contribution in [0.4, 0.5) is 0 Å². The Bertz CT molecular complexity index is 948. The number of hydrogen-bond donors (Lipinski definition) is 3. The van der Waals surface area contributed by atoms with Crippen molar-refractivity contribution in [3.63, 3.8) is 0 Å². The average molecular weight is 391 g/mol. The van der Waals surface area contributed by atoms with E-state index in [-0.39, 0.29) is 18.0 Å². The number of amides is 1. The predicted octanol–water partition coefficient (Wildman–Crippen LogP) is 1.62. The first-order valence-electron chi connectivity index (χ1n) is 9.80. The van der Waals surface area contributed by atoms with E-state index >= 15 is 0 Å². The van der Waals surface area contributed by atoms with Crippen LogP contribution in [0.2, 0.25) is 0 Å². The standard InChI is InChI=1S/C21H25N7O/c1-14-18(15(2)25-24-14)12-23-21(29)19-20(17-8-10-22-11-9-17)28(27-26-19)13-16-6-4-3-5-7-16/h3-11,14-15,18,24-25H,12-13H2,1-2H3,(H,23,29). The number of pyridine rings is 1. The largest absolute Gasteiger partial charge is 0.350 e. The van der Waals surface area contributed by atoms with Gasteiger partial charge in [0.2, 0.25) is 0 Å². The van der Waals surface area contributed by atoms with Crippen LogP contribution in [0, 0.1) is 5.92 Å². The molecule has 2 aromatic heterocycles. The minimum absolute atomic E-state index is 0.220. The molecule has 1 fully saturated rings. The van der Waals surface area contributed by atoms with E-state index in [1.807, 2.05) is 42.5 Å². The Morgan fingerprint density at radius 3 is 2.45 bits per heavy atom. The molecule has 0 spiro atoms. The molecule has 1 aromatic carbocycles. The minimum Gasteiger partial charge on any atom is -0.350 e. The van der Waals surface area contributed by atoms with Crippen LogP contribution >= 0.6 is 0 Å². The maximum Gasteiger partial charge on any atom is 0.274 e. The zero-order chi connectivity index (χ0) is 20.2. The molecular weight excluding hydrogens is 366 g/mol. The third kappa shape index (κ3) is 4.18. The number of carbonyl (C=O) groups is 1. The third-order valence-corrected chi connectivity index (χ3v) is 5.40. The molecule has 2 atom stereocenters. The third-order valence-electron chi connectivity index (χ3n) is 5.40. The van der Waals surface area contributed by atoms with E-state index in [4.69, 9.17) is 0 Å². The fourth-order valence-corrected chi connectivity index (χ4v) is 3.69. The van der Waals surface area contributed by atoms with Crippen LogP contribution in [0.1, 0.15) is 29.9 Å².